The molecule has 15 heavy (non-hydrogen) atoms. The summed E-state index contributed by atoms with van der Waals surface area (Å²) >= 11 is 0. The van der Waals surface area contributed by atoms with Crippen LogP contribution in [0.3, 0.4) is 0 Å². The Kier molecular flexibility index (Phi) is 2.18. The Labute approximate surface area is 90.8 Å². The molecule has 2 aliphatic rings. The number of likely N-dealkylation sites (tertiary alicyclic amines) is 1. The highest BCUT2D eigenvalue weighted by Gasteiger charge is 2.55. The fraction of sp³-hybridized carbons (Fsp3) is 0.833. The van der Waals surface area contributed by atoms with Gasteiger partial charge in [0, 0.05) is 12.0 Å². The van der Waals surface area contributed by atoms with Gasteiger partial charge in [-0.05, 0) is 33.6 Å². The van der Waals surface area contributed by atoms with E-state index in [1.807, 2.05) is 20.8 Å². The van der Waals surface area contributed by atoms with Crippen LogP contribution in [0.25, 0.3) is 0 Å². The lowest BCUT2D eigenvalue weighted by atomic mass is 9.84. The van der Waals surface area contributed by atoms with Crippen LogP contribution in [0, 0.1) is 5.41 Å². The molecule has 1 aliphatic heterocycles. The second kappa shape index (κ2) is 3.06. The Hall–Kier alpha value is -0.860. The average Bonchev–Trinajstić information content (AvgIpc) is 2.59. The molecule has 0 N–H and O–H groups in total. The van der Waals surface area contributed by atoms with E-state index in [2.05, 4.69) is 0 Å². The molecule has 0 unspecified atom stereocenters. The van der Waals surface area contributed by atoms with Crippen LogP contribution in [0.5, 0.6) is 0 Å². The van der Waals surface area contributed by atoms with Crippen molar-refractivity contribution in [3.8, 4) is 0 Å². The Bertz CT molecular complexity index is 308. The minimum absolute atomic E-state index is 0.0226. The van der Waals surface area contributed by atoms with Crippen molar-refractivity contribution in [3.05, 3.63) is 0 Å². The van der Waals surface area contributed by atoms with Crippen LogP contribution in [0.4, 0.5) is 0 Å². The normalized spacial score (nSPS) is 25.7. The van der Waals surface area contributed by atoms with Crippen molar-refractivity contribution >= 4 is 11.8 Å². The van der Waals surface area contributed by atoms with Gasteiger partial charge in [-0.1, -0.05) is 12.8 Å². The molecule has 84 valence electrons. The van der Waals surface area contributed by atoms with Gasteiger partial charge < -0.3 is 0 Å². The van der Waals surface area contributed by atoms with Crippen molar-refractivity contribution in [1.82, 2.24) is 4.90 Å². The number of amides is 2. The van der Waals surface area contributed by atoms with E-state index in [0.29, 0.717) is 6.42 Å². The number of rotatable bonds is 0. The topological polar surface area (TPSA) is 37.4 Å². The molecular formula is C12H19NO2. The first-order valence-corrected chi connectivity index (χ1v) is 5.74. The van der Waals surface area contributed by atoms with Crippen LogP contribution in [0.2, 0.25) is 0 Å². The smallest absolute Gasteiger partial charge is 0.236 e. The molecule has 1 spiro atoms. The van der Waals surface area contributed by atoms with E-state index < -0.39 is 0 Å². The maximum Gasteiger partial charge on any atom is 0.236 e. The van der Waals surface area contributed by atoms with Crippen LogP contribution in [0.15, 0.2) is 0 Å². The molecule has 1 heterocycles. The molecule has 1 aliphatic carbocycles. The zero-order valence-corrected chi connectivity index (χ0v) is 9.80. The summed E-state index contributed by atoms with van der Waals surface area (Å²) in [7, 11) is 0. The first-order valence-electron chi connectivity index (χ1n) is 5.74. The lowest BCUT2D eigenvalue weighted by molar-refractivity contribution is -0.146. The molecule has 0 atom stereocenters. The third kappa shape index (κ3) is 1.48. The van der Waals surface area contributed by atoms with Crippen molar-refractivity contribution in [2.45, 2.75) is 58.4 Å². The summed E-state index contributed by atoms with van der Waals surface area (Å²) < 4.78 is 0. The van der Waals surface area contributed by atoms with Gasteiger partial charge in [0.15, 0.2) is 0 Å². The quantitative estimate of drug-likeness (QED) is 0.573. The highest BCUT2D eigenvalue weighted by atomic mass is 16.2. The van der Waals surface area contributed by atoms with E-state index in [-0.39, 0.29) is 22.8 Å². The van der Waals surface area contributed by atoms with Crippen LogP contribution in [-0.4, -0.2) is 22.3 Å². The third-order valence-corrected chi connectivity index (χ3v) is 3.63. The average molecular weight is 209 g/mol. The Morgan fingerprint density at radius 2 is 1.67 bits per heavy atom. The van der Waals surface area contributed by atoms with Gasteiger partial charge in [-0.2, -0.15) is 0 Å². The van der Waals surface area contributed by atoms with E-state index in [0.717, 1.165) is 25.7 Å². The summed E-state index contributed by atoms with van der Waals surface area (Å²) in [6.07, 6.45) is 4.45. The molecule has 0 radical (unpaired) electrons. The minimum Gasteiger partial charge on any atom is -0.277 e. The van der Waals surface area contributed by atoms with E-state index in [9.17, 15) is 9.59 Å². The highest BCUT2D eigenvalue weighted by molar-refractivity contribution is 6.06. The lowest BCUT2D eigenvalue weighted by Gasteiger charge is -2.31. The standard InChI is InChI=1S/C12H19NO2/c1-11(2,3)13-9(14)8-12(10(13)15)6-4-5-7-12/h4-8H2,1-3H3. The predicted octanol–water partition coefficient (Wildman–Crippen LogP) is 2.10. The van der Waals surface area contributed by atoms with Crippen molar-refractivity contribution in [2.75, 3.05) is 0 Å². The molecule has 0 aromatic carbocycles. The van der Waals surface area contributed by atoms with Crippen LogP contribution < -0.4 is 0 Å². The maximum absolute atomic E-state index is 12.3. The molecule has 0 bridgehead atoms. The molecular weight excluding hydrogens is 190 g/mol. The van der Waals surface area contributed by atoms with Gasteiger partial charge in [-0.25, -0.2) is 0 Å². The highest BCUT2D eigenvalue weighted by Crippen LogP contribution is 2.48. The lowest BCUT2D eigenvalue weighted by Crippen LogP contribution is -2.47. The summed E-state index contributed by atoms with van der Waals surface area (Å²) in [5, 5.41) is 0. The molecule has 0 aromatic heterocycles. The van der Waals surface area contributed by atoms with Crippen LogP contribution >= 0.6 is 0 Å². The van der Waals surface area contributed by atoms with Gasteiger partial charge >= 0.3 is 0 Å². The Balaban J connectivity index is 2.31. The van der Waals surface area contributed by atoms with Gasteiger partial charge in [0.05, 0.1) is 5.41 Å². The summed E-state index contributed by atoms with van der Waals surface area (Å²) in [6, 6.07) is 0. The summed E-state index contributed by atoms with van der Waals surface area (Å²) in [6.45, 7) is 5.78. The minimum atomic E-state index is -0.361. The number of carbonyl (C=O) groups excluding carboxylic acids is 2. The van der Waals surface area contributed by atoms with E-state index in [1.54, 1.807) is 0 Å². The summed E-state index contributed by atoms with van der Waals surface area (Å²) in [5.74, 6) is 0.104. The molecule has 2 fully saturated rings. The van der Waals surface area contributed by atoms with Gasteiger partial charge in [-0.3, -0.25) is 14.5 Å². The first kappa shape index (κ1) is 10.7. The zero-order valence-electron chi connectivity index (χ0n) is 9.80. The zero-order chi connectivity index (χ0) is 11.3. The van der Waals surface area contributed by atoms with Crippen LogP contribution in [-0.2, 0) is 9.59 Å². The molecule has 1 saturated heterocycles. The molecule has 2 amide bonds. The monoisotopic (exact) mass is 209 g/mol. The number of hydrogen-bond acceptors (Lipinski definition) is 2. The van der Waals surface area contributed by atoms with Crippen molar-refractivity contribution in [3.63, 3.8) is 0 Å². The maximum atomic E-state index is 12.3. The second-order valence-corrected chi connectivity index (χ2v) is 5.87. The van der Waals surface area contributed by atoms with E-state index >= 15 is 0 Å². The van der Waals surface area contributed by atoms with Gasteiger partial charge in [0.25, 0.3) is 0 Å². The molecule has 3 heteroatoms. The van der Waals surface area contributed by atoms with Crippen LogP contribution in [0.1, 0.15) is 52.9 Å². The Morgan fingerprint density at radius 3 is 2.07 bits per heavy atom. The van der Waals surface area contributed by atoms with E-state index in [4.69, 9.17) is 0 Å². The van der Waals surface area contributed by atoms with E-state index in [1.165, 1.54) is 4.90 Å². The van der Waals surface area contributed by atoms with Crippen molar-refractivity contribution < 1.29 is 9.59 Å². The SMILES string of the molecule is CC(C)(C)N1C(=O)CC2(CCCC2)C1=O. The number of hydrogen-bond donors (Lipinski definition) is 0. The number of nitrogens with zero attached hydrogens (tertiary/aromatic N) is 1. The molecule has 3 nitrogen and oxygen atoms in total. The van der Waals surface area contributed by atoms with Gasteiger partial charge in [0.1, 0.15) is 0 Å². The first-order chi connectivity index (χ1) is 6.87. The second-order valence-electron chi connectivity index (χ2n) is 5.87. The van der Waals surface area contributed by atoms with Crippen molar-refractivity contribution in [2.24, 2.45) is 5.41 Å². The number of carbonyl (C=O) groups is 2. The summed E-state index contributed by atoms with van der Waals surface area (Å²) in [5.41, 5.74) is -0.676. The van der Waals surface area contributed by atoms with Gasteiger partial charge in [-0.15, -0.1) is 0 Å². The predicted molar refractivity (Wildman–Crippen MR) is 57.1 cm³/mol. The van der Waals surface area contributed by atoms with Crippen molar-refractivity contribution in [1.29, 1.82) is 0 Å². The Morgan fingerprint density at radius 1 is 1.13 bits per heavy atom. The largest absolute Gasteiger partial charge is 0.277 e. The summed E-state index contributed by atoms with van der Waals surface area (Å²) in [4.78, 5) is 25.7. The van der Waals surface area contributed by atoms with Gasteiger partial charge in [0.2, 0.25) is 11.8 Å². The third-order valence-electron chi connectivity index (χ3n) is 3.63. The number of imide groups is 1. The fourth-order valence-corrected chi connectivity index (χ4v) is 2.92. The molecule has 1 saturated carbocycles. The molecule has 2 rings (SSSR count). The molecule has 0 aromatic rings. The fourth-order valence-electron chi connectivity index (χ4n) is 2.92.